The van der Waals surface area contributed by atoms with Crippen LogP contribution in [0.25, 0.3) is 0 Å². The molecule has 1 aromatic heterocycles. The Morgan fingerprint density at radius 3 is 2.22 bits per heavy atom. The summed E-state index contributed by atoms with van der Waals surface area (Å²) in [5.41, 5.74) is 3.61. The number of anilines is 3. The largest absolute Gasteiger partial charge is 0.340 e. The summed E-state index contributed by atoms with van der Waals surface area (Å²) in [5, 5.41) is 6.03. The summed E-state index contributed by atoms with van der Waals surface area (Å²) in [6.07, 6.45) is 1.79. The van der Waals surface area contributed by atoms with E-state index in [4.69, 9.17) is 0 Å². The highest BCUT2D eigenvalue weighted by atomic mass is 19.1. The zero-order valence-corrected chi connectivity index (χ0v) is 15.4. The molecule has 0 bridgehead atoms. The molecular weight excluding hydrogens is 341 g/mol. The predicted octanol–water partition coefficient (Wildman–Crippen LogP) is 5.27. The Bertz CT molecular complexity index is 888. The van der Waals surface area contributed by atoms with Gasteiger partial charge in [0.2, 0.25) is 5.91 Å². The Morgan fingerprint density at radius 2 is 1.63 bits per heavy atom. The van der Waals surface area contributed by atoms with E-state index in [0.717, 1.165) is 11.3 Å². The number of amides is 1. The van der Waals surface area contributed by atoms with Crippen LogP contribution < -0.4 is 10.6 Å². The second kappa shape index (κ2) is 8.45. The summed E-state index contributed by atoms with van der Waals surface area (Å²) in [6.45, 7) is 4.32. The molecule has 0 fully saturated rings. The standard InChI is InChI=1S/C22H22FN3O/c1-15(2)17-5-9-19(10-6-17)25-21-12-11-20(14-24-21)26-22(27)13-16-3-7-18(23)8-4-16/h3-12,14-15H,13H2,1-2H3,(H,24,25)(H,26,27). The third-order valence-electron chi connectivity index (χ3n) is 4.17. The molecule has 138 valence electrons. The molecule has 0 aliphatic carbocycles. The van der Waals surface area contributed by atoms with Gasteiger partial charge in [-0.15, -0.1) is 0 Å². The van der Waals surface area contributed by atoms with Crippen molar-refractivity contribution in [2.24, 2.45) is 0 Å². The van der Waals surface area contributed by atoms with E-state index in [-0.39, 0.29) is 18.1 Å². The first-order chi connectivity index (χ1) is 13.0. The highest BCUT2D eigenvalue weighted by Crippen LogP contribution is 2.20. The van der Waals surface area contributed by atoms with E-state index in [9.17, 15) is 9.18 Å². The van der Waals surface area contributed by atoms with Gasteiger partial charge in [-0.1, -0.05) is 38.1 Å². The number of hydrogen-bond donors (Lipinski definition) is 2. The normalized spacial score (nSPS) is 10.7. The Labute approximate surface area is 158 Å². The number of carbonyl (C=O) groups excluding carboxylic acids is 1. The SMILES string of the molecule is CC(C)c1ccc(Nc2ccc(NC(=O)Cc3ccc(F)cc3)cn2)cc1. The maximum absolute atomic E-state index is 12.9. The molecule has 0 spiro atoms. The van der Waals surface area contributed by atoms with Crippen LogP contribution in [0.4, 0.5) is 21.6 Å². The Kier molecular flexibility index (Phi) is 5.81. The van der Waals surface area contributed by atoms with E-state index in [0.29, 0.717) is 17.4 Å². The molecule has 2 N–H and O–H groups in total. The topological polar surface area (TPSA) is 54.0 Å². The molecular formula is C22H22FN3O. The first-order valence-electron chi connectivity index (χ1n) is 8.87. The Morgan fingerprint density at radius 1 is 0.963 bits per heavy atom. The minimum absolute atomic E-state index is 0.173. The highest BCUT2D eigenvalue weighted by Gasteiger charge is 2.05. The number of hydrogen-bond acceptors (Lipinski definition) is 3. The van der Waals surface area contributed by atoms with Crippen molar-refractivity contribution in [3.63, 3.8) is 0 Å². The lowest BCUT2D eigenvalue weighted by atomic mass is 10.0. The van der Waals surface area contributed by atoms with Crippen molar-refractivity contribution in [1.82, 2.24) is 4.98 Å². The van der Waals surface area contributed by atoms with Gasteiger partial charge >= 0.3 is 0 Å². The van der Waals surface area contributed by atoms with Crippen LogP contribution in [-0.2, 0) is 11.2 Å². The summed E-state index contributed by atoms with van der Waals surface area (Å²) < 4.78 is 12.9. The second-order valence-electron chi connectivity index (χ2n) is 6.69. The first kappa shape index (κ1) is 18.6. The van der Waals surface area contributed by atoms with Crippen LogP contribution in [0.3, 0.4) is 0 Å². The van der Waals surface area contributed by atoms with Crippen molar-refractivity contribution < 1.29 is 9.18 Å². The number of benzene rings is 2. The smallest absolute Gasteiger partial charge is 0.228 e. The molecule has 3 rings (SSSR count). The van der Waals surface area contributed by atoms with E-state index in [1.807, 2.05) is 18.2 Å². The zero-order valence-electron chi connectivity index (χ0n) is 15.4. The minimum atomic E-state index is -0.315. The molecule has 5 heteroatoms. The lowest BCUT2D eigenvalue weighted by molar-refractivity contribution is -0.115. The highest BCUT2D eigenvalue weighted by molar-refractivity contribution is 5.92. The van der Waals surface area contributed by atoms with Gasteiger partial charge in [0.15, 0.2) is 0 Å². The van der Waals surface area contributed by atoms with Crippen LogP contribution in [0, 0.1) is 5.82 Å². The maximum Gasteiger partial charge on any atom is 0.228 e. The van der Waals surface area contributed by atoms with Crippen LogP contribution in [0.1, 0.15) is 30.9 Å². The van der Waals surface area contributed by atoms with Crippen LogP contribution >= 0.6 is 0 Å². The van der Waals surface area contributed by atoms with Gasteiger partial charge in [-0.05, 0) is 53.4 Å². The third-order valence-corrected chi connectivity index (χ3v) is 4.17. The fraction of sp³-hybridized carbons (Fsp3) is 0.182. The van der Waals surface area contributed by atoms with E-state index >= 15 is 0 Å². The van der Waals surface area contributed by atoms with Crippen molar-refractivity contribution in [2.75, 3.05) is 10.6 Å². The van der Waals surface area contributed by atoms with Crippen molar-refractivity contribution >= 4 is 23.1 Å². The molecule has 2 aromatic carbocycles. The van der Waals surface area contributed by atoms with E-state index in [2.05, 4.69) is 41.6 Å². The predicted molar refractivity (Wildman–Crippen MR) is 107 cm³/mol. The van der Waals surface area contributed by atoms with Gasteiger partial charge in [-0.2, -0.15) is 0 Å². The molecule has 0 atom stereocenters. The lowest BCUT2D eigenvalue weighted by Crippen LogP contribution is -2.14. The van der Waals surface area contributed by atoms with Gasteiger partial charge in [0, 0.05) is 5.69 Å². The number of aromatic nitrogens is 1. The van der Waals surface area contributed by atoms with Crippen LogP contribution in [-0.4, -0.2) is 10.9 Å². The van der Waals surface area contributed by atoms with Crippen molar-refractivity contribution in [1.29, 1.82) is 0 Å². The molecule has 0 unspecified atom stereocenters. The summed E-state index contributed by atoms with van der Waals surface area (Å²) in [6, 6.07) is 17.7. The first-order valence-corrected chi connectivity index (χ1v) is 8.87. The molecule has 3 aromatic rings. The van der Waals surface area contributed by atoms with E-state index < -0.39 is 0 Å². The molecule has 0 saturated carbocycles. The molecule has 0 saturated heterocycles. The fourth-order valence-corrected chi connectivity index (χ4v) is 2.63. The molecule has 0 aliphatic heterocycles. The van der Waals surface area contributed by atoms with Gasteiger partial charge in [-0.25, -0.2) is 9.37 Å². The number of rotatable bonds is 6. The zero-order chi connectivity index (χ0) is 19.2. The van der Waals surface area contributed by atoms with Crippen molar-refractivity contribution in [2.45, 2.75) is 26.2 Å². The molecule has 4 nitrogen and oxygen atoms in total. The van der Waals surface area contributed by atoms with Crippen LogP contribution in [0.15, 0.2) is 66.9 Å². The third kappa shape index (κ3) is 5.38. The molecule has 0 aliphatic rings. The van der Waals surface area contributed by atoms with Gasteiger partial charge in [0.1, 0.15) is 11.6 Å². The van der Waals surface area contributed by atoms with Crippen molar-refractivity contribution in [3.05, 3.63) is 83.8 Å². The Hall–Kier alpha value is -3.21. The molecule has 1 amide bonds. The number of nitrogens with zero attached hydrogens (tertiary/aromatic N) is 1. The number of nitrogens with one attached hydrogen (secondary N) is 2. The molecule has 0 radical (unpaired) electrons. The van der Waals surface area contributed by atoms with Crippen LogP contribution in [0.2, 0.25) is 0 Å². The quantitative estimate of drug-likeness (QED) is 0.627. The summed E-state index contributed by atoms with van der Waals surface area (Å²) in [7, 11) is 0. The van der Waals surface area contributed by atoms with Gasteiger partial charge < -0.3 is 10.6 Å². The van der Waals surface area contributed by atoms with Gasteiger partial charge in [0.25, 0.3) is 0 Å². The molecule has 1 heterocycles. The summed E-state index contributed by atoms with van der Waals surface area (Å²) in [4.78, 5) is 16.4. The summed E-state index contributed by atoms with van der Waals surface area (Å²) >= 11 is 0. The fourth-order valence-electron chi connectivity index (χ4n) is 2.63. The summed E-state index contributed by atoms with van der Waals surface area (Å²) in [5.74, 6) is 0.706. The van der Waals surface area contributed by atoms with Crippen molar-refractivity contribution in [3.8, 4) is 0 Å². The number of pyridine rings is 1. The van der Waals surface area contributed by atoms with Gasteiger partial charge in [0.05, 0.1) is 18.3 Å². The monoisotopic (exact) mass is 363 g/mol. The average Bonchev–Trinajstić information content (AvgIpc) is 2.66. The maximum atomic E-state index is 12.9. The average molecular weight is 363 g/mol. The number of halogens is 1. The Balaban J connectivity index is 1.56. The lowest BCUT2D eigenvalue weighted by Gasteiger charge is -2.10. The van der Waals surface area contributed by atoms with E-state index in [1.54, 1.807) is 24.4 Å². The minimum Gasteiger partial charge on any atom is -0.340 e. The van der Waals surface area contributed by atoms with Gasteiger partial charge in [-0.3, -0.25) is 4.79 Å². The van der Waals surface area contributed by atoms with Crippen LogP contribution in [0.5, 0.6) is 0 Å². The second-order valence-corrected chi connectivity index (χ2v) is 6.69. The van der Waals surface area contributed by atoms with E-state index in [1.165, 1.54) is 17.7 Å². The molecule has 27 heavy (non-hydrogen) atoms. The number of carbonyl (C=O) groups is 1.